The molecule has 0 fully saturated rings. The molecule has 0 aliphatic heterocycles. The van der Waals surface area contributed by atoms with E-state index in [-0.39, 0.29) is 11.4 Å². The number of aldehydes is 1. The highest BCUT2D eigenvalue weighted by Crippen LogP contribution is 2.31. The fourth-order valence-corrected chi connectivity index (χ4v) is 1.62. The molecule has 0 saturated carbocycles. The Morgan fingerprint density at radius 1 is 1.48 bits per heavy atom. The second kappa shape index (κ2) is 5.51. The van der Waals surface area contributed by atoms with E-state index in [0.29, 0.717) is 6.29 Å². The molecule has 1 heterocycles. The van der Waals surface area contributed by atoms with Gasteiger partial charge in [0.15, 0.2) is 6.29 Å². The van der Waals surface area contributed by atoms with E-state index >= 15 is 0 Å². The number of carbonyl (C=O) groups excluding carboxylic acids is 2. The number of likely N-dealkylation sites (N-methyl/N-ethyl adjacent to an activating group) is 1. The SMILES string of the molecule is CN(C(=O)OC(C)(C)C)C(C)(C=O)c1[nH]ncc1[N+](=O)[O-]. The molecule has 0 aliphatic carbocycles. The maximum Gasteiger partial charge on any atom is 0.411 e. The monoisotopic (exact) mass is 298 g/mol. The molecule has 1 rings (SSSR count). The molecule has 1 aromatic heterocycles. The van der Waals surface area contributed by atoms with Crippen molar-refractivity contribution in [2.75, 3.05) is 7.05 Å². The molecule has 0 aromatic carbocycles. The zero-order chi connectivity index (χ0) is 16.4. The zero-order valence-electron chi connectivity index (χ0n) is 12.5. The van der Waals surface area contributed by atoms with Crippen molar-refractivity contribution in [3.8, 4) is 0 Å². The first-order chi connectivity index (χ1) is 9.53. The smallest absolute Gasteiger partial charge is 0.411 e. The molecular formula is C12H18N4O5. The Kier molecular flexibility index (Phi) is 4.35. The molecule has 0 spiro atoms. The third-order valence-electron chi connectivity index (χ3n) is 2.92. The number of hydrogen-bond donors (Lipinski definition) is 1. The number of aromatic nitrogens is 2. The van der Waals surface area contributed by atoms with Crippen LogP contribution in [0.3, 0.4) is 0 Å². The number of nitrogens with zero attached hydrogens (tertiary/aromatic N) is 3. The highest BCUT2D eigenvalue weighted by molar-refractivity contribution is 5.78. The summed E-state index contributed by atoms with van der Waals surface area (Å²) < 4.78 is 5.17. The number of nitro groups is 1. The molecule has 1 aromatic rings. The fraction of sp³-hybridized carbons (Fsp3) is 0.583. The Morgan fingerprint density at radius 2 is 2.05 bits per heavy atom. The lowest BCUT2D eigenvalue weighted by Gasteiger charge is -2.34. The van der Waals surface area contributed by atoms with Crippen molar-refractivity contribution in [3.63, 3.8) is 0 Å². The van der Waals surface area contributed by atoms with Crippen LogP contribution < -0.4 is 0 Å². The normalized spacial score (nSPS) is 14.1. The van der Waals surface area contributed by atoms with Crippen molar-refractivity contribution in [1.29, 1.82) is 0 Å². The minimum Gasteiger partial charge on any atom is -0.444 e. The number of H-pyrrole nitrogens is 1. The number of hydrogen-bond acceptors (Lipinski definition) is 6. The van der Waals surface area contributed by atoms with Crippen molar-refractivity contribution < 1.29 is 19.2 Å². The van der Waals surface area contributed by atoms with Gasteiger partial charge in [-0.3, -0.25) is 20.1 Å². The first-order valence-corrected chi connectivity index (χ1v) is 6.14. The number of ether oxygens (including phenoxy) is 1. The van der Waals surface area contributed by atoms with Gasteiger partial charge in [-0.25, -0.2) is 4.79 Å². The summed E-state index contributed by atoms with van der Waals surface area (Å²) in [5, 5.41) is 16.9. The lowest BCUT2D eigenvalue weighted by Crippen LogP contribution is -2.48. The van der Waals surface area contributed by atoms with Crippen LogP contribution in [0.25, 0.3) is 0 Å². The van der Waals surface area contributed by atoms with E-state index in [1.165, 1.54) is 14.0 Å². The lowest BCUT2D eigenvalue weighted by atomic mass is 9.97. The average Bonchev–Trinajstić information content (AvgIpc) is 2.84. The van der Waals surface area contributed by atoms with Crippen LogP contribution in [0.5, 0.6) is 0 Å². The lowest BCUT2D eigenvalue weighted by molar-refractivity contribution is -0.386. The van der Waals surface area contributed by atoms with Gasteiger partial charge in [0, 0.05) is 7.05 Å². The van der Waals surface area contributed by atoms with E-state index in [9.17, 15) is 19.7 Å². The molecule has 21 heavy (non-hydrogen) atoms. The minimum atomic E-state index is -1.60. The topological polar surface area (TPSA) is 118 Å². The molecule has 0 aliphatic rings. The third-order valence-corrected chi connectivity index (χ3v) is 2.92. The summed E-state index contributed by atoms with van der Waals surface area (Å²) in [6.45, 7) is 6.39. The third kappa shape index (κ3) is 3.36. The summed E-state index contributed by atoms with van der Waals surface area (Å²) in [5.74, 6) is 0. The Morgan fingerprint density at radius 3 is 2.48 bits per heavy atom. The van der Waals surface area contributed by atoms with Gasteiger partial charge in [-0.05, 0) is 27.7 Å². The van der Waals surface area contributed by atoms with E-state index in [1.807, 2.05) is 0 Å². The summed E-state index contributed by atoms with van der Waals surface area (Å²) >= 11 is 0. The molecule has 116 valence electrons. The largest absolute Gasteiger partial charge is 0.444 e. The molecule has 0 radical (unpaired) electrons. The predicted molar refractivity (Wildman–Crippen MR) is 72.7 cm³/mol. The highest BCUT2D eigenvalue weighted by atomic mass is 16.6. The predicted octanol–water partition coefficient (Wildman–Crippen LogP) is 1.60. The van der Waals surface area contributed by atoms with Crippen LogP contribution in [-0.4, -0.2) is 45.0 Å². The summed E-state index contributed by atoms with van der Waals surface area (Å²) in [4.78, 5) is 34.8. The van der Waals surface area contributed by atoms with Crippen LogP contribution in [0.4, 0.5) is 10.5 Å². The van der Waals surface area contributed by atoms with Crippen LogP contribution in [0.15, 0.2) is 6.20 Å². The van der Waals surface area contributed by atoms with Crippen molar-refractivity contribution >= 4 is 18.1 Å². The zero-order valence-corrected chi connectivity index (χ0v) is 12.5. The maximum absolute atomic E-state index is 12.1. The van der Waals surface area contributed by atoms with Crippen LogP contribution in [0, 0.1) is 10.1 Å². The van der Waals surface area contributed by atoms with Crippen LogP contribution >= 0.6 is 0 Å². The molecule has 0 saturated heterocycles. The van der Waals surface area contributed by atoms with Crippen LogP contribution in [0.2, 0.25) is 0 Å². The Balaban J connectivity index is 3.20. The fourth-order valence-electron chi connectivity index (χ4n) is 1.62. The van der Waals surface area contributed by atoms with Gasteiger partial charge in [0.05, 0.1) is 4.92 Å². The van der Waals surface area contributed by atoms with Gasteiger partial charge < -0.3 is 9.53 Å². The molecule has 9 nitrogen and oxygen atoms in total. The number of aromatic amines is 1. The van der Waals surface area contributed by atoms with Crippen molar-refractivity contribution in [1.82, 2.24) is 15.1 Å². The Hall–Kier alpha value is -2.45. The minimum absolute atomic E-state index is 0.0872. The van der Waals surface area contributed by atoms with Crippen LogP contribution in [-0.2, 0) is 15.1 Å². The molecule has 1 unspecified atom stereocenters. The van der Waals surface area contributed by atoms with E-state index in [4.69, 9.17) is 4.74 Å². The van der Waals surface area contributed by atoms with Gasteiger partial charge in [0.1, 0.15) is 23.0 Å². The van der Waals surface area contributed by atoms with Gasteiger partial charge in [-0.2, -0.15) is 5.10 Å². The average molecular weight is 298 g/mol. The maximum atomic E-state index is 12.1. The van der Waals surface area contributed by atoms with Gasteiger partial charge >= 0.3 is 11.8 Å². The van der Waals surface area contributed by atoms with Crippen molar-refractivity contribution in [2.24, 2.45) is 0 Å². The van der Waals surface area contributed by atoms with E-state index in [2.05, 4.69) is 10.2 Å². The van der Waals surface area contributed by atoms with Crippen LogP contribution in [0.1, 0.15) is 33.4 Å². The summed E-state index contributed by atoms with van der Waals surface area (Å²) in [5.41, 5.74) is -2.81. The summed E-state index contributed by atoms with van der Waals surface area (Å²) in [6, 6.07) is 0. The van der Waals surface area contributed by atoms with Gasteiger partial charge in [-0.1, -0.05) is 0 Å². The molecule has 0 bridgehead atoms. The van der Waals surface area contributed by atoms with Gasteiger partial charge in [0.2, 0.25) is 0 Å². The first-order valence-electron chi connectivity index (χ1n) is 6.14. The second-order valence-corrected chi connectivity index (χ2v) is 5.69. The van der Waals surface area contributed by atoms with E-state index < -0.39 is 22.2 Å². The quantitative estimate of drug-likeness (QED) is 0.512. The number of carbonyl (C=O) groups is 2. The van der Waals surface area contributed by atoms with E-state index in [1.54, 1.807) is 20.8 Å². The molecular weight excluding hydrogens is 280 g/mol. The number of nitrogens with one attached hydrogen (secondary N) is 1. The Bertz CT molecular complexity index is 562. The summed E-state index contributed by atoms with van der Waals surface area (Å²) in [7, 11) is 1.33. The molecule has 9 heteroatoms. The van der Waals surface area contributed by atoms with Crippen molar-refractivity contribution in [3.05, 3.63) is 22.0 Å². The number of amides is 1. The second-order valence-electron chi connectivity index (χ2n) is 5.69. The molecule has 1 N–H and O–H groups in total. The first kappa shape index (κ1) is 16.6. The van der Waals surface area contributed by atoms with Gasteiger partial charge in [-0.15, -0.1) is 0 Å². The van der Waals surface area contributed by atoms with E-state index in [0.717, 1.165) is 11.1 Å². The Labute approximate surface area is 121 Å². The number of rotatable bonds is 4. The summed E-state index contributed by atoms with van der Waals surface area (Å²) in [6.07, 6.45) is 0.637. The standard InChI is InChI=1S/C12H18N4O5/c1-11(2,3)21-10(18)15(5)12(4,7-17)9-8(16(19)20)6-13-14-9/h6-7H,1-5H3,(H,13,14). The molecule has 1 amide bonds. The van der Waals surface area contributed by atoms with Crippen molar-refractivity contribution in [2.45, 2.75) is 38.8 Å². The highest BCUT2D eigenvalue weighted by Gasteiger charge is 2.42. The molecule has 1 atom stereocenters. The van der Waals surface area contributed by atoms with Gasteiger partial charge in [0.25, 0.3) is 0 Å².